The second-order valence-corrected chi connectivity index (χ2v) is 13.6. The summed E-state index contributed by atoms with van der Waals surface area (Å²) >= 11 is 0. The fourth-order valence-corrected chi connectivity index (χ4v) is 7.74. The Hall–Kier alpha value is -3.56. The largest absolute Gasteiger partial charge is 0.494 e. The van der Waals surface area contributed by atoms with Gasteiger partial charge in [-0.25, -0.2) is 13.1 Å². The van der Waals surface area contributed by atoms with Crippen molar-refractivity contribution in [3.63, 3.8) is 0 Å². The maximum atomic E-state index is 12.3. The monoisotopic (exact) mass is 607 g/mol. The highest BCUT2D eigenvalue weighted by Gasteiger charge is 2.27. The quantitative estimate of drug-likeness (QED) is 0.205. The Morgan fingerprint density at radius 3 is 2.51 bits per heavy atom. The molecule has 0 bridgehead atoms. The summed E-state index contributed by atoms with van der Waals surface area (Å²) in [5.41, 5.74) is 6.36. The number of aryl methyl sites for hydroxylation is 2. The molecule has 0 aromatic heterocycles. The minimum Gasteiger partial charge on any atom is -0.494 e. The van der Waals surface area contributed by atoms with E-state index in [1.807, 2.05) is 42.5 Å². The van der Waals surface area contributed by atoms with Crippen molar-refractivity contribution in [1.82, 2.24) is 4.72 Å². The van der Waals surface area contributed by atoms with E-state index in [0.717, 1.165) is 64.8 Å². The first-order valence-corrected chi connectivity index (χ1v) is 16.7. The SMILES string of the molecule is Cc1cc(OCCCNS(=O)(=O)CC2CCCC2)cc(C)c1-c1cccc(COc2ccc3c(c2)OCC3CC(=O)O)c1. The van der Waals surface area contributed by atoms with Crippen LogP contribution in [0, 0.1) is 19.8 Å². The summed E-state index contributed by atoms with van der Waals surface area (Å²) in [7, 11) is -3.23. The average molecular weight is 608 g/mol. The van der Waals surface area contributed by atoms with Crippen LogP contribution in [0.2, 0.25) is 0 Å². The van der Waals surface area contributed by atoms with Gasteiger partial charge in [0, 0.05) is 24.1 Å². The van der Waals surface area contributed by atoms with Crippen LogP contribution < -0.4 is 18.9 Å². The van der Waals surface area contributed by atoms with Crippen molar-refractivity contribution < 1.29 is 32.5 Å². The second-order valence-electron chi connectivity index (χ2n) is 11.8. The number of ether oxygens (including phenoxy) is 3. The normalized spacial score (nSPS) is 16.6. The van der Waals surface area contributed by atoms with Crippen LogP contribution in [0.1, 0.15) is 66.7 Å². The number of carboxylic acid groups (broad SMARTS) is 1. The molecule has 3 aromatic carbocycles. The minimum atomic E-state index is -3.23. The predicted molar refractivity (Wildman–Crippen MR) is 166 cm³/mol. The summed E-state index contributed by atoms with van der Waals surface area (Å²) in [5.74, 6) is 1.71. The van der Waals surface area contributed by atoms with E-state index in [2.05, 4.69) is 30.7 Å². The molecule has 1 fully saturated rings. The molecule has 1 unspecified atom stereocenters. The third-order valence-electron chi connectivity index (χ3n) is 8.25. The van der Waals surface area contributed by atoms with E-state index < -0.39 is 16.0 Å². The van der Waals surface area contributed by atoms with Crippen LogP contribution >= 0.6 is 0 Å². The van der Waals surface area contributed by atoms with Gasteiger partial charge in [-0.1, -0.05) is 37.1 Å². The van der Waals surface area contributed by atoms with Gasteiger partial charge in [-0.2, -0.15) is 0 Å². The molecule has 1 saturated carbocycles. The first-order chi connectivity index (χ1) is 20.7. The van der Waals surface area contributed by atoms with Crippen molar-refractivity contribution in [3.8, 4) is 28.4 Å². The van der Waals surface area contributed by atoms with Crippen molar-refractivity contribution in [3.05, 3.63) is 76.9 Å². The van der Waals surface area contributed by atoms with Gasteiger partial charge in [-0.3, -0.25) is 4.79 Å². The lowest BCUT2D eigenvalue weighted by Gasteiger charge is -2.15. The smallest absolute Gasteiger partial charge is 0.304 e. The van der Waals surface area contributed by atoms with Gasteiger partial charge in [0.15, 0.2) is 0 Å². The molecule has 3 aromatic rings. The number of hydrogen-bond acceptors (Lipinski definition) is 6. The molecule has 0 spiro atoms. The van der Waals surface area contributed by atoms with Crippen LogP contribution in [0.15, 0.2) is 54.6 Å². The molecule has 230 valence electrons. The van der Waals surface area contributed by atoms with E-state index in [1.165, 1.54) is 0 Å². The van der Waals surface area contributed by atoms with E-state index in [1.54, 1.807) is 0 Å². The number of nitrogens with one attached hydrogen (secondary N) is 1. The van der Waals surface area contributed by atoms with Crippen molar-refractivity contribution in [2.75, 3.05) is 25.5 Å². The maximum Gasteiger partial charge on any atom is 0.304 e. The Morgan fingerprint density at radius 1 is 1.00 bits per heavy atom. The Bertz CT molecular complexity index is 1520. The molecule has 43 heavy (non-hydrogen) atoms. The van der Waals surface area contributed by atoms with Gasteiger partial charge in [0.1, 0.15) is 23.9 Å². The van der Waals surface area contributed by atoms with Gasteiger partial charge >= 0.3 is 5.97 Å². The van der Waals surface area contributed by atoms with Gasteiger partial charge in [0.2, 0.25) is 10.0 Å². The highest BCUT2D eigenvalue weighted by atomic mass is 32.2. The van der Waals surface area contributed by atoms with Crippen molar-refractivity contribution in [2.24, 2.45) is 5.92 Å². The van der Waals surface area contributed by atoms with Crippen LogP contribution in [-0.4, -0.2) is 45.0 Å². The summed E-state index contributed by atoms with van der Waals surface area (Å²) in [5, 5.41) is 9.12. The Morgan fingerprint density at radius 2 is 1.77 bits per heavy atom. The average Bonchev–Trinajstić information content (AvgIpc) is 3.60. The highest BCUT2D eigenvalue weighted by molar-refractivity contribution is 7.89. The number of aliphatic carboxylic acids is 1. The molecule has 8 nitrogen and oxygen atoms in total. The van der Waals surface area contributed by atoms with Crippen LogP contribution in [-0.2, 0) is 21.4 Å². The van der Waals surface area contributed by atoms with Crippen LogP contribution in [0.5, 0.6) is 17.2 Å². The van der Waals surface area contributed by atoms with Gasteiger partial charge in [0.05, 0.1) is 25.4 Å². The van der Waals surface area contributed by atoms with Crippen LogP contribution in [0.25, 0.3) is 11.1 Å². The molecule has 1 atom stereocenters. The molecule has 1 aliphatic carbocycles. The number of benzene rings is 3. The standard InChI is InChI=1S/C34H41NO7S/c1-23-15-30(40-14-6-13-35-43(38,39)22-25-7-3-4-8-25)16-24(2)34(23)27-10-5-9-26(17-27)20-41-29-11-12-31-28(18-33(36)37)21-42-32(31)19-29/h5,9-12,15-17,19,25,28,35H,3-4,6-8,13-14,18,20-22H2,1-2H3,(H,36,37). The molecule has 0 amide bonds. The lowest BCUT2D eigenvalue weighted by atomic mass is 9.94. The number of carbonyl (C=O) groups is 1. The molecule has 1 aliphatic heterocycles. The number of sulfonamides is 1. The third kappa shape index (κ3) is 8.30. The zero-order chi connectivity index (χ0) is 30.4. The zero-order valence-corrected chi connectivity index (χ0v) is 25.8. The number of fused-ring (bicyclic) bond motifs is 1. The molecular weight excluding hydrogens is 566 g/mol. The predicted octanol–water partition coefficient (Wildman–Crippen LogP) is 6.38. The summed E-state index contributed by atoms with van der Waals surface area (Å²) in [6.45, 7) is 5.70. The first kappa shape index (κ1) is 30.9. The lowest BCUT2D eigenvalue weighted by molar-refractivity contribution is -0.137. The number of rotatable bonds is 14. The molecule has 2 N–H and O–H groups in total. The van der Waals surface area contributed by atoms with E-state index in [-0.39, 0.29) is 18.1 Å². The van der Waals surface area contributed by atoms with Gasteiger partial charge in [0.25, 0.3) is 0 Å². The zero-order valence-electron chi connectivity index (χ0n) is 24.9. The fourth-order valence-electron chi connectivity index (χ4n) is 6.21. The molecule has 5 rings (SSSR count). The first-order valence-electron chi connectivity index (χ1n) is 15.1. The molecule has 0 saturated heterocycles. The molecule has 9 heteroatoms. The van der Waals surface area contributed by atoms with Crippen molar-refractivity contribution in [2.45, 2.75) is 64.9 Å². The summed E-state index contributed by atoms with van der Waals surface area (Å²) < 4.78 is 45.1. The Balaban J connectivity index is 1.14. The topological polar surface area (TPSA) is 111 Å². The number of hydrogen-bond donors (Lipinski definition) is 2. The fraction of sp³-hybridized carbons (Fsp3) is 0.441. The van der Waals surface area contributed by atoms with E-state index in [4.69, 9.17) is 19.3 Å². The van der Waals surface area contributed by atoms with Crippen molar-refractivity contribution in [1.29, 1.82) is 0 Å². The van der Waals surface area contributed by atoms with Gasteiger partial charge < -0.3 is 19.3 Å². The third-order valence-corrected chi connectivity index (χ3v) is 9.81. The second kappa shape index (κ2) is 13.8. The Kier molecular flexibility index (Phi) is 9.93. The summed E-state index contributed by atoms with van der Waals surface area (Å²) in [4.78, 5) is 11.1. The number of carboxylic acids is 1. The van der Waals surface area contributed by atoms with Crippen LogP contribution in [0.3, 0.4) is 0 Å². The van der Waals surface area contributed by atoms with E-state index >= 15 is 0 Å². The van der Waals surface area contributed by atoms with E-state index in [9.17, 15) is 13.2 Å². The molecule has 0 radical (unpaired) electrons. The summed E-state index contributed by atoms with van der Waals surface area (Å²) in [6, 6.07) is 17.9. The summed E-state index contributed by atoms with van der Waals surface area (Å²) in [6.07, 6.45) is 4.96. The molecule has 1 heterocycles. The molecular formula is C34H41NO7S. The van der Waals surface area contributed by atoms with Crippen LogP contribution in [0.4, 0.5) is 0 Å². The molecule has 2 aliphatic rings. The van der Waals surface area contributed by atoms with Gasteiger partial charge in [-0.05, 0) is 91.1 Å². The van der Waals surface area contributed by atoms with Crippen molar-refractivity contribution >= 4 is 16.0 Å². The minimum absolute atomic E-state index is 0.0517. The van der Waals surface area contributed by atoms with Gasteiger partial charge in [-0.15, -0.1) is 0 Å². The Labute approximate surface area is 254 Å². The highest BCUT2D eigenvalue weighted by Crippen LogP contribution is 2.38. The maximum absolute atomic E-state index is 12.3. The lowest BCUT2D eigenvalue weighted by Crippen LogP contribution is -2.30. The van der Waals surface area contributed by atoms with E-state index in [0.29, 0.717) is 50.2 Å².